The first-order chi connectivity index (χ1) is 8.62. The summed E-state index contributed by atoms with van der Waals surface area (Å²) in [5, 5.41) is 11.8. The van der Waals surface area contributed by atoms with Crippen LogP contribution in [0.25, 0.3) is 0 Å². The second-order valence-corrected chi connectivity index (χ2v) is 7.46. The van der Waals surface area contributed by atoms with Crippen LogP contribution >= 0.6 is 0 Å². The molecule has 1 saturated heterocycles. The summed E-state index contributed by atoms with van der Waals surface area (Å²) in [5.74, 6) is 0.862. The van der Waals surface area contributed by atoms with Crippen molar-refractivity contribution in [3.63, 3.8) is 0 Å². The molecule has 3 heteroatoms. The van der Waals surface area contributed by atoms with Gasteiger partial charge in [0.2, 0.25) is 0 Å². The van der Waals surface area contributed by atoms with Gasteiger partial charge in [0.15, 0.2) is 0 Å². The van der Waals surface area contributed by atoms with Crippen LogP contribution < -0.4 is 0 Å². The predicted octanol–water partition coefficient (Wildman–Crippen LogP) is 4.04. The van der Waals surface area contributed by atoms with Crippen LogP contribution in [0.3, 0.4) is 0 Å². The van der Waals surface area contributed by atoms with E-state index in [0.717, 1.165) is 32.1 Å². The molecule has 1 N–H and O–H groups in total. The Balaban J connectivity index is 2.90. The first-order valence-corrected chi connectivity index (χ1v) is 7.61. The largest absolute Gasteiger partial charge is 0.313 e. The topological polar surface area (TPSA) is 40.5 Å². The standard InChI is InChI=1S/C16H31NO2/c1-7-8-9-14(12(2)18)13-10-15(3,4)17(19)16(5,6)11-13/h13-14,19H,7-11H2,1-6H3. The maximum atomic E-state index is 12.0. The van der Waals surface area contributed by atoms with Crippen molar-refractivity contribution in [1.82, 2.24) is 5.06 Å². The number of Topliss-reactive ketones (excluding diaryl/α,β-unsaturated/α-hetero) is 1. The molecule has 0 aromatic carbocycles. The molecule has 3 nitrogen and oxygen atoms in total. The molecular formula is C16H31NO2. The van der Waals surface area contributed by atoms with Gasteiger partial charge in [0.25, 0.3) is 0 Å². The molecule has 0 radical (unpaired) electrons. The Hall–Kier alpha value is -0.410. The number of ketones is 1. The zero-order chi connectivity index (χ0) is 14.8. The number of unbranched alkanes of at least 4 members (excludes halogenated alkanes) is 1. The molecule has 1 rings (SSSR count). The highest BCUT2D eigenvalue weighted by Crippen LogP contribution is 2.44. The van der Waals surface area contributed by atoms with Crippen molar-refractivity contribution in [1.29, 1.82) is 0 Å². The van der Waals surface area contributed by atoms with Crippen LogP contribution in [0.4, 0.5) is 0 Å². The number of nitrogens with zero attached hydrogens (tertiary/aromatic N) is 1. The first-order valence-electron chi connectivity index (χ1n) is 7.61. The summed E-state index contributed by atoms with van der Waals surface area (Å²) < 4.78 is 0. The van der Waals surface area contributed by atoms with Crippen molar-refractivity contribution in [3.05, 3.63) is 0 Å². The molecule has 0 amide bonds. The van der Waals surface area contributed by atoms with Gasteiger partial charge in [0, 0.05) is 17.0 Å². The fraction of sp³-hybridized carbons (Fsp3) is 0.938. The van der Waals surface area contributed by atoms with Crippen LogP contribution in [0.1, 0.15) is 73.6 Å². The Labute approximate surface area is 118 Å². The third-order valence-electron chi connectivity index (χ3n) is 4.63. The van der Waals surface area contributed by atoms with Gasteiger partial charge in [-0.1, -0.05) is 19.8 Å². The van der Waals surface area contributed by atoms with Crippen molar-refractivity contribution in [3.8, 4) is 0 Å². The summed E-state index contributed by atoms with van der Waals surface area (Å²) in [6.07, 6.45) is 5.02. The smallest absolute Gasteiger partial charge is 0.133 e. The molecule has 1 aliphatic heterocycles. The van der Waals surface area contributed by atoms with Crippen LogP contribution in [0.5, 0.6) is 0 Å². The second kappa shape index (κ2) is 5.92. The third-order valence-corrected chi connectivity index (χ3v) is 4.63. The van der Waals surface area contributed by atoms with E-state index in [2.05, 4.69) is 34.6 Å². The molecule has 1 fully saturated rings. The molecule has 0 aromatic heterocycles. The van der Waals surface area contributed by atoms with Crippen LogP contribution in [-0.4, -0.2) is 27.1 Å². The molecule has 0 aliphatic carbocycles. The van der Waals surface area contributed by atoms with Crippen LogP contribution in [0.2, 0.25) is 0 Å². The molecule has 0 spiro atoms. The lowest BCUT2D eigenvalue weighted by molar-refractivity contribution is -0.253. The number of carbonyl (C=O) groups excluding carboxylic acids is 1. The molecule has 1 atom stereocenters. The summed E-state index contributed by atoms with van der Waals surface area (Å²) in [4.78, 5) is 12.0. The van der Waals surface area contributed by atoms with Gasteiger partial charge >= 0.3 is 0 Å². The Kier molecular flexibility index (Phi) is 5.19. The van der Waals surface area contributed by atoms with Gasteiger partial charge in [-0.3, -0.25) is 4.79 Å². The van der Waals surface area contributed by atoms with Crippen LogP contribution in [0.15, 0.2) is 0 Å². The molecule has 1 unspecified atom stereocenters. The van der Waals surface area contributed by atoms with Crippen molar-refractivity contribution in [2.75, 3.05) is 0 Å². The van der Waals surface area contributed by atoms with Gasteiger partial charge in [-0.05, 0) is 59.8 Å². The van der Waals surface area contributed by atoms with Crippen LogP contribution in [-0.2, 0) is 4.79 Å². The van der Waals surface area contributed by atoms with E-state index in [1.807, 2.05) is 0 Å². The summed E-state index contributed by atoms with van der Waals surface area (Å²) in [6, 6.07) is 0. The van der Waals surface area contributed by atoms with Gasteiger partial charge in [-0.25, -0.2) is 0 Å². The summed E-state index contributed by atoms with van der Waals surface area (Å²) in [6.45, 7) is 12.2. The Morgan fingerprint density at radius 2 is 1.74 bits per heavy atom. The van der Waals surface area contributed by atoms with E-state index in [1.54, 1.807) is 6.92 Å². The molecule has 1 aliphatic rings. The second-order valence-electron chi connectivity index (χ2n) is 7.46. The molecular weight excluding hydrogens is 238 g/mol. The minimum absolute atomic E-state index is 0.159. The number of piperidine rings is 1. The van der Waals surface area contributed by atoms with E-state index in [1.165, 1.54) is 5.06 Å². The molecule has 19 heavy (non-hydrogen) atoms. The average Bonchev–Trinajstić information content (AvgIpc) is 2.25. The molecule has 0 aromatic rings. The Morgan fingerprint density at radius 3 is 2.11 bits per heavy atom. The quantitative estimate of drug-likeness (QED) is 0.819. The van der Waals surface area contributed by atoms with Crippen molar-refractivity contribution in [2.24, 2.45) is 11.8 Å². The Morgan fingerprint density at radius 1 is 1.26 bits per heavy atom. The number of hydrogen-bond donors (Lipinski definition) is 1. The minimum atomic E-state index is -0.258. The van der Waals surface area contributed by atoms with Gasteiger partial charge in [0.05, 0.1) is 0 Å². The maximum absolute atomic E-state index is 12.0. The van der Waals surface area contributed by atoms with Crippen LogP contribution in [0, 0.1) is 11.8 Å². The van der Waals surface area contributed by atoms with Crippen molar-refractivity contribution in [2.45, 2.75) is 84.7 Å². The molecule has 0 bridgehead atoms. The molecule has 1 heterocycles. The van der Waals surface area contributed by atoms with E-state index >= 15 is 0 Å². The van der Waals surface area contributed by atoms with E-state index in [4.69, 9.17) is 0 Å². The minimum Gasteiger partial charge on any atom is -0.313 e. The van der Waals surface area contributed by atoms with Crippen molar-refractivity contribution < 1.29 is 10.0 Å². The molecule has 0 saturated carbocycles. The van der Waals surface area contributed by atoms with E-state index in [-0.39, 0.29) is 17.0 Å². The van der Waals surface area contributed by atoms with Gasteiger partial charge < -0.3 is 5.21 Å². The lowest BCUT2D eigenvalue weighted by Gasteiger charge is -2.52. The lowest BCUT2D eigenvalue weighted by Crippen LogP contribution is -2.60. The normalized spacial score (nSPS) is 25.2. The van der Waals surface area contributed by atoms with Crippen molar-refractivity contribution >= 4 is 5.78 Å². The summed E-state index contributed by atoms with van der Waals surface area (Å²) in [7, 11) is 0. The highest BCUT2D eigenvalue weighted by atomic mass is 16.5. The van der Waals surface area contributed by atoms with E-state index in [9.17, 15) is 10.0 Å². The monoisotopic (exact) mass is 269 g/mol. The average molecular weight is 269 g/mol. The number of hydrogen-bond acceptors (Lipinski definition) is 3. The number of hydroxylamine groups is 2. The number of rotatable bonds is 5. The zero-order valence-corrected chi connectivity index (χ0v) is 13.5. The van der Waals surface area contributed by atoms with E-state index < -0.39 is 0 Å². The highest BCUT2D eigenvalue weighted by molar-refractivity contribution is 5.78. The zero-order valence-electron chi connectivity index (χ0n) is 13.5. The lowest BCUT2D eigenvalue weighted by atomic mass is 9.68. The summed E-state index contributed by atoms with van der Waals surface area (Å²) in [5.41, 5.74) is -0.515. The van der Waals surface area contributed by atoms with Gasteiger partial charge in [0.1, 0.15) is 5.78 Å². The Bertz CT molecular complexity index is 305. The fourth-order valence-electron chi connectivity index (χ4n) is 3.83. The van der Waals surface area contributed by atoms with E-state index in [0.29, 0.717) is 11.7 Å². The first kappa shape index (κ1) is 16.6. The fourth-order valence-corrected chi connectivity index (χ4v) is 3.83. The SMILES string of the molecule is CCCCC(C(C)=O)C1CC(C)(C)N(O)C(C)(C)C1. The van der Waals surface area contributed by atoms with Gasteiger partial charge in [-0.15, -0.1) is 0 Å². The highest BCUT2D eigenvalue weighted by Gasteiger charge is 2.47. The summed E-state index contributed by atoms with van der Waals surface area (Å²) >= 11 is 0. The maximum Gasteiger partial charge on any atom is 0.133 e. The third kappa shape index (κ3) is 3.79. The van der Waals surface area contributed by atoms with Gasteiger partial charge in [-0.2, -0.15) is 5.06 Å². The predicted molar refractivity (Wildman–Crippen MR) is 78.2 cm³/mol. The molecule has 112 valence electrons. The number of carbonyl (C=O) groups is 1.